The third kappa shape index (κ3) is 2.64. The molecule has 4 unspecified atom stereocenters. The van der Waals surface area contributed by atoms with Gasteiger partial charge in [0, 0.05) is 29.6 Å². The van der Waals surface area contributed by atoms with Gasteiger partial charge in [-0.2, -0.15) is 0 Å². The van der Waals surface area contributed by atoms with Crippen LogP contribution >= 0.6 is 11.6 Å². The van der Waals surface area contributed by atoms with Crippen LogP contribution in [-0.4, -0.2) is 35.0 Å². The Bertz CT molecular complexity index is 963. The van der Waals surface area contributed by atoms with Gasteiger partial charge in [0.05, 0.1) is 24.5 Å². The van der Waals surface area contributed by atoms with Crippen LogP contribution in [0, 0.1) is 11.8 Å². The zero-order chi connectivity index (χ0) is 19.3. The Balaban J connectivity index is 1.38. The number of hydrogen-bond donors (Lipinski definition) is 1. The minimum Gasteiger partial charge on any atom is -0.360 e. The standard InChI is InChI=1S/C21H18ClN3O3/c22-14-3-5-15(6-4-14)25-12-21-8-7-16(28-21)17(18(21)20(25)27)19(26)24-11-13-2-1-9-23-10-13/h1-10,16-18H,11-12H2,(H,24,26). The summed E-state index contributed by atoms with van der Waals surface area (Å²) in [6.45, 7) is 0.770. The van der Waals surface area contributed by atoms with Gasteiger partial charge < -0.3 is 15.0 Å². The second-order valence-electron chi connectivity index (χ2n) is 7.38. The highest BCUT2D eigenvalue weighted by Crippen LogP contribution is 2.52. The number of aromatic nitrogens is 1. The number of carbonyl (C=O) groups is 2. The van der Waals surface area contributed by atoms with E-state index in [4.69, 9.17) is 16.3 Å². The summed E-state index contributed by atoms with van der Waals surface area (Å²) in [7, 11) is 0. The molecule has 2 bridgehead atoms. The predicted molar refractivity (Wildman–Crippen MR) is 104 cm³/mol. The van der Waals surface area contributed by atoms with Crippen LogP contribution in [0.4, 0.5) is 5.69 Å². The molecule has 2 amide bonds. The van der Waals surface area contributed by atoms with Gasteiger partial charge in [-0.1, -0.05) is 29.8 Å². The van der Waals surface area contributed by atoms with Gasteiger partial charge in [0.15, 0.2) is 0 Å². The van der Waals surface area contributed by atoms with Gasteiger partial charge >= 0.3 is 0 Å². The molecule has 3 aliphatic rings. The van der Waals surface area contributed by atoms with Gasteiger partial charge in [0.1, 0.15) is 5.60 Å². The number of anilines is 1. The first-order valence-corrected chi connectivity index (χ1v) is 9.56. The molecule has 1 spiro atoms. The van der Waals surface area contributed by atoms with E-state index < -0.39 is 17.4 Å². The topological polar surface area (TPSA) is 71.5 Å². The lowest BCUT2D eigenvalue weighted by atomic mass is 9.77. The highest BCUT2D eigenvalue weighted by molar-refractivity contribution is 6.30. The molecule has 4 atom stereocenters. The number of amides is 2. The van der Waals surface area contributed by atoms with Crippen LogP contribution in [0.3, 0.4) is 0 Å². The number of rotatable bonds is 4. The van der Waals surface area contributed by atoms with Crippen LogP contribution in [0.5, 0.6) is 0 Å². The Kier molecular flexibility index (Phi) is 4.00. The van der Waals surface area contributed by atoms with Gasteiger partial charge in [0.25, 0.3) is 0 Å². The second kappa shape index (κ2) is 6.43. The maximum absolute atomic E-state index is 13.2. The SMILES string of the molecule is O=C(NCc1cccnc1)C1C2C=CC3(CN(c4ccc(Cl)cc4)C(=O)C13)O2. The van der Waals surface area contributed by atoms with E-state index in [1.807, 2.05) is 36.4 Å². The molecule has 3 aliphatic heterocycles. The molecule has 0 saturated carbocycles. The summed E-state index contributed by atoms with van der Waals surface area (Å²) in [5.74, 6) is -1.31. The van der Waals surface area contributed by atoms with Crippen LogP contribution < -0.4 is 10.2 Å². The maximum atomic E-state index is 13.2. The van der Waals surface area contributed by atoms with E-state index in [1.54, 1.807) is 29.4 Å². The Morgan fingerprint density at radius 1 is 1.32 bits per heavy atom. The van der Waals surface area contributed by atoms with Crippen molar-refractivity contribution < 1.29 is 14.3 Å². The molecule has 4 heterocycles. The predicted octanol–water partition coefficient (Wildman–Crippen LogP) is 2.34. The van der Waals surface area contributed by atoms with E-state index in [9.17, 15) is 9.59 Å². The van der Waals surface area contributed by atoms with Gasteiger partial charge in [-0.05, 0) is 35.9 Å². The lowest BCUT2D eigenvalue weighted by Crippen LogP contribution is -2.44. The van der Waals surface area contributed by atoms with E-state index in [0.717, 1.165) is 11.3 Å². The maximum Gasteiger partial charge on any atom is 0.234 e. The van der Waals surface area contributed by atoms with Crippen LogP contribution in [0.25, 0.3) is 0 Å². The highest BCUT2D eigenvalue weighted by atomic mass is 35.5. The summed E-state index contributed by atoms with van der Waals surface area (Å²) >= 11 is 5.97. The zero-order valence-corrected chi connectivity index (χ0v) is 15.7. The van der Waals surface area contributed by atoms with E-state index in [2.05, 4.69) is 10.3 Å². The summed E-state index contributed by atoms with van der Waals surface area (Å²) in [4.78, 5) is 31.9. The molecule has 6 nitrogen and oxygen atoms in total. The largest absolute Gasteiger partial charge is 0.360 e. The molecule has 5 rings (SSSR count). The smallest absolute Gasteiger partial charge is 0.234 e. The molecule has 2 fully saturated rings. The molecule has 2 saturated heterocycles. The third-order valence-corrected chi connectivity index (χ3v) is 5.98. The van der Waals surface area contributed by atoms with Crippen LogP contribution in [0.15, 0.2) is 60.9 Å². The first-order chi connectivity index (χ1) is 13.6. The molecule has 1 N–H and O–H groups in total. The lowest BCUT2D eigenvalue weighted by Gasteiger charge is -2.23. The average Bonchev–Trinajstić information content (AvgIpc) is 3.36. The van der Waals surface area contributed by atoms with Crippen molar-refractivity contribution in [1.29, 1.82) is 0 Å². The van der Waals surface area contributed by atoms with Gasteiger partial charge in [-0.3, -0.25) is 14.6 Å². The molecule has 0 radical (unpaired) electrons. The number of fused-ring (bicyclic) bond motifs is 1. The number of ether oxygens (including phenoxy) is 1. The van der Waals surface area contributed by atoms with E-state index in [-0.39, 0.29) is 17.9 Å². The molecule has 142 valence electrons. The molecule has 2 aromatic rings. The van der Waals surface area contributed by atoms with Crippen LogP contribution in [0.1, 0.15) is 5.56 Å². The van der Waals surface area contributed by atoms with E-state index in [0.29, 0.717) is 18.1 Å². The molecule has 28 heavy (non-hydrogen) atoms. The Morgan fingerprint density at radius 2 is 2.14 bits per heavy atom. The normalized spacial score (nSPS) is 30.0. The summed E-state index contributed by atoms with van der Waals surface area (Å²) in [5.41, 5.74) is 0.927. The van der Waals surface area contributed by atoms with E-state index in [1.165, 1.54) is 0 Å². The summed E-state index contributed by atoms with van der Waals surface area (Å²) in [5, 5.41) is 3.55. The first-order valence-electron chi connectivity index (χ1n) is 9.18. The molecular formula is C21H18ClN3O3. The molecule has 7 heteroatoms. The average molecular weight is 396 g/mol. The van der Waals surface area contributed by atoms with Gasteiger partial charge in [0.2, 0.25) is 11.8 Å². The number of carbonyl (C=O) groups excluding carboxylic acids is 2. The van der Waals surface area contributed by atoms with Crippen molar-refractivity contribution in [2.75, 3.05) is 11.4 Å². The van der Waals surface area contributed by atoms with Gasteiger partial charge in [-0.25, -0.2) is 0 Å². The first kappa shape index (κ1) is 17.4. The second-order valence-corrected chi connectivity index (χ2v) is 7.82. The number of halogens is 1. The summed E-state index contributed by atoms with van der Waals surface area (Å²) < 4.78 is 6.14. The van der Waals surface area contributed by atoms with Crippen molar-refractivity contribution in [2.45, 2.75) is 18.2 Å². The van der Waals surface area contributed by atoms with Crippen LogP contribution in [0.2, 0.25) is 5.02 Å². The Morgan fingerprint density at radius 3 is 2.89 bits per heavy atom. The lowest BCUT2D eigenvalue weighted by molar-refractivity contribution is -0.132. The Labute approximate surface area is 167 Å². The zero-order valence-electron chi connectivity index (χ0n) is 14.9. The fourth-order valence-electron chi connectivity index (χ4n) is 4.45. The fraction of sp³-hybridized carbons (Fsp3) is 0.286. The van der Waals surface area contributed by atoms with Crippen molar-refractivity contribution in [1.82, 2.24) is 10.3 Å². The van der Waals surface area contributed by atoms with E-state index >= 15 is 0 Å². The van der Waals surface area contributed by atoms with Crippen molar-refractivity contribution in [3.63, 3.8) is 0 Å². The third-order valence-electron chi connectivity index (χ3n) is 5.73. The number of nitrogens with one attached hydrogen (secondary N) is 1. The number of hydrogen-bond acceptors (Lipinski definition) is 4. The quantitative estimate of drug-likeness (QED) is 0.806. The number of pyridine rings is 1. The minimum absolute atomic E-state index is 0.0873. The summed E-state index contributed by atoms with van der Waals surface area (Å²) in [6, 6.07) is 10.8. The molecule has 1 aromatic carbocycles. The van der Waals surface area contributed by atoms with Crippen LogP contribution in [-0.2, 0) is 20.9 Å². The minimum atomic E-state index is -0.738. The van der Waals surface area contributed by atoms with Crippen molar-refractivity contribution in [2.24, 2.45) is 11.8 Å². The highest BCUT2D eigenvalue weighted by Gasteiger charge is 2.67. The molecule has 1 aromatic heterocycles. The number of benzene rings is 1. The Hall–Kier alpha value is -2.70. The molecule has 0 aliphatic carbocycles. The van der Waals surface area contributed by atoms with Crippen molar-refractivity contribution in [3.05, 3.63) is 71.5 Å². The molecular weight excluding hydrogens is 378 g/mol. The monoisotopic (exact) mass is 395 g/mol. The van der Waals surface area contributed by atoms with Crippen molar-refractivity contribution >= 4 is 29.1 Å². The number of nitrogens with zero attached hydrogens (tertiary/aromatic N) is 2. The van der Waals surface area contributed by atoms with Gasteiger partial charge in [-0.15, -0.1) is 0 Å². The summed E-state index contributed by atoms with van der Waals surface area (Å²) in [6.07, 6.45) is 6.88. The fourth-order valence-corrected chi connectivity index (χ4v) is 4.57. The van der Waals surface area contributed by atoms with Crippen molar-refractivity contribution in [3.8, 4) is 0 Å².